The summed E-state index contributed by atoms with van der Waals surface area (Å²) in [6, 6.07) is 8.33. The summed E-state index contributed by atoms with van der Waals surface area (Å²) < 4.78 is 37.8. The molecule has 3 N–H and O–H groups in total. The zero-order valence-electron chi connectivity index (χ0n) is 22.1. The van der Waals surface area contributed by atoms with E-state index in [1.165, 1.54) is 6.07 Å². The number of carbonyl (C=O) groups excluding carboxylic acids is 2. The van der Waals surface area contributed by atoms with Gasteiger partial charge in [0.25, 0.3) is 0 Å². The average molecular weight is 531 g/mol. The van der Waals surface area contributed by atoms with Crippen molar-refractivity contribution < 1.29 is 27.8 Å². The number of halogens is 2. The lowest BCUT2D eigenvalue weighted by Crippen LogP contribution is -2.55. The molecular weight excluding hydrogens is 494 g/mol. The highest BCUT2D eigenvalue weighted by molar-refractivity contribution is 5.89. The summed E-state index contributed by atoms with van der Waals surface area (Å²) >= 11 is 0. The molecule has 2 aliphatic rings. The number of amides is 3. The van der Waals surface area contributed by atoms with Crippen LogP contribution in [-0.4, -0.2) is 62.8 Å². The van der Waals surface area contributed by atoms with Crippen LogP contribution in [0.15, 0.2) is 36.4 Å². The van der Waals surface area contributed by atoms with Gasteiger partial charge >= 0.3 is 6.03 Å². The fraction of sp³-hybridized carbons (Fsp3) is 0.500. The topological polar surface area (TPSA) is 91.9 Å². The van der Waals surface area contributed by atoms with Crippen LogP contribution in [0.3, 0.4) is 0 Å². The second kappa shape index (κ2) is 12.0. The molecule has 1 aliphatic heterocycles. The van der Waals surface area contributed by atoms with Gasteiger partial charge in [0.1, 0.15) is 0 Å². The van der Waals surface area contributed by atoms with Crippen LogP contribution >= 0.6 is 0 Å². The number of nitrogens with zero attached hydrogens (tertiary/aromatic N) is 1. The van der Waals surface area contributed by atoms with Gasteiger partial charge in [0.2, 0.25) is 5.91 Å². The number of methoxy groups -OCH3 is 2. The first kappa shape index (κ1) is 27.6. The molecule has 8 nitrogen and oxygen atoms in total. The standard InChI is InChI=1S/C28H36F2N4O4/c1-4-12-31-17-26(35)34-13-11-28(18-5-8-23(37-2)24(14-18)38-3)10-9-20(16-25(28)34)33-27(36)32-19-6-7-21(29)22(30)15-19/h5-8,14-15,20,25,31H,4,9-13,16-17H2,1-3H3,(H2,32,33,36). The zero-order valence-corrected chi connectivity index (χ0v) is 22.1. The summed E-state index contributed by atoms with van der Waals surface area (Å²) in [5.74, 6) is -0.689. The fourth-order valence-electron chi connectivity index (χ4n) is 5.86. The first-order valence-corrected chi connectivity index (χ1v) is 13.1. The number of benzene rings is 2. The van der Waals surface area contributed by atoms with E-state index in [1.807, 2.05) is 23.1 Å². The maximum absolute atomic E-state index is 13.6. The van der Waals surface area contributed by atoms with Crippen LogP contribution in [0, 0.1) is 11.6 Å². The first-order chi connectivity index (χ1) is 18.3. The van der Waals surface area contributed by atoms with Crippen molar-refractivity contribution in [3.8, 4) is 11.5 Å². The molecule has 0 bridgehead atoms. The lowest BCUT2D eigenvalue weighted by Gasteiger charge is -2.45. The van der Waals surface area contributed by atoms with Crippen molar-refractivity contribution in [1.82, 2.24) is 15.5 Å². The van der Waals surface area contributed by atoms with Gasteiger partial charge in [-0.15, -0.1) is 0 Å². The molecule has 2 aromatic carbocycles. The van der Waals surface area contributed by atoms with Gasteiger partial charge in [-0.2, -0.15) is 0 Å². The fourth-order valence-corrected chi connectivity index (χ4v) is 5.86. The van der Waals surface area contributed by atoms with E-state index in [-0.39, 0.29) is 35.6 Å². The number of likely N-dealkylation sites (tertiary alicyclic amines) is 1. The molecule has 0 spiro atoms. The van der Waals surface area contributed by atoms with Crippen molar-refractivity contribution in [1.29, 1.82) is 0 Å². The van der Waals surface area contributed by atoms with Crippen molar-refractivity contribution in [3.63, 3.8) is 0 Å². The first-order valence-electron chi connectivity index (χ1n) is 13.1. The normalized spacial score (nSPS) is 22.5. The second-order valence-corrected chi connectivity index (χ2v) is 9.95. The van der Waals surface area contributed by atoms with Gasteiger partial charge in [0, 0.05) is 35.8 Å². The summed E-state index contributed by atoms with van der Waals surface area (Å²) in [6.07, 6.45) is 3.77. The third kappa shape index (κ3) is 5.70. The van der Waals surface area contributed by atoms with Crippen LogP contribution in [0.1, 0.15) is 44.6 Å². The molecule has 3 unspecified atom stereocenters. The van der Waals surface area contributed by atoms with Crippen LogP contribution in [0.2, 0.25) is 0 Å². The van der Waals surface area contributed by atoms with Crippen molar-refractivity contribution in [2.45, 2.75) is 56.5 Å². The Hall–Kier alpha value is -3.40. The predicted molar refractivity (Wildman–Crippen MR) is 141 cm³/mol. The van der Waals surface area contributed by atoms with E-state index in [0.29, 0.717) is 30.9 Å². The van der Waals surface area contributed by atoms with Gasteiger partial charge in [-0.25, -0.2) is 13.6 Å². The molecule has 1 saturated heterocycles. The number of anilines is 1. The minimum Gasteiger partial charge on any atom is -0.493 e. The zero-order chi connectivity index (χ0) is 27.3. The van der Waals surface area contributed by atoms with E-state index in [4.69, 9.17) is 9.47 Å². The highest BCUT2D eigenvalue weighted by Crippen LogP contribution is 2.50. The Bertz CT molecular complexity index is 1160. The van der Waals surface area contributed by atoms with Gasteiger partial charge in [0.05, 0.1) is 20.8 Å². The van der Waals surface area contributed by atoms with Crippen LogP contribution in [0.25, 0.3) is 0 Å². The highest BCUT2D eigenvalue weighted by Gasteiger charge is 2.53. The number of rotatable bonds is 9. The summed E-state index contributed by atoms with van der Waals surface area (Å²) in [5.41, 5.74) is 0.965. The maximum Gasteiger partial charge on any atom is 0.319 e. The molecule has 3 atom stereocenters. The molecule has 10 heteroatoms. The minimum absolute atomic E-state index is 0.0395. The van der Waals surface area contributed by atoms with E-state index < -0.39 is 17.7 Å². The lowest BCUT2D eigenvalue weighted by atomic mass is 9.65. The van der Waals surface area contributed by atoms with Gasteiger partial charge < -0.3 is 30.3 Å². The van der Waals surface area contributed by atoms with Gasteiger partial charge in [0.15, 0.2) is 23.1 Å². The van der Waals surface area contributed by atoms with Crippen molar-refractivity contribution >= 4 is 17.6 Å². The van der Waals surface area contributed by atoms with Crippen LogP contribution < -0.4 is 25.4 Å². The van der Waals surface area contributed by atoms with Gasteiger partial charge in [-0.05, 0) is 68.5 Å². The number of carbonyl (C=O) groups is 2. The Kier molecular flexibility index (Phi) is 8.71. The Balaban J connectivity index is 1.54. The van der Waals surface area contributed by atoms with Gasteiger partial charge in [-0.3, -0.25) is 4.79 Å². The Morgan fingerprint density at radius 3 is 2.55 bits per heavy atom. The minimum atomic E-state index is -1.03. The van der Waals surface area contributed by atoms with Crippen LogP contribution in [0.4, 0.5) is 19.3 Å². The van der Waals surface area contributed by atoms with E-state index >= 15 is 0 Å². The molecule has 0 aromatic heterocycles. The second-order valence-electron chi connectivity index (χ2n) is 9.95. The molecule has 206 valence electrons. The molecule has 1 aliphatic carbocycles. The molecule has 0 radical (unpaired) electrons. The number of hydrogen-bond acceptors (Lipinski definition) is 5. The molecule has 1 saturated carbocycles. The van der Waals surface area contributed by atoms with Crippen molar-refractivity contribution in [2.75, 3.05) is 39.2 Å². The SMILES string of the molecule is CCCNCC(=O)N1CCC2(c3ccc(OC)c(OC)c3)CCC(NC(=O)Nc3ccc(F)c(F)c3)CC12. The summed E-state index contributed by atoms with van der Waals surface area (Å²) in [7, 11) is 3.20. The Labute approximate surface area is 222 Å². The summed E-state index contributed by atoms with van der Waals surface area (Å²) in [5, 5.41) is 8.75. The molecule has 38 heavy (non-hydrogen) atoms. The number of ether oxygens (including phenoxy) is 2. The van der Waals surface area contributed by atoms with Crippen molar-refractivity contribution in [2.24, 2.45) is 0 Å². The molecule has 2 aromatic rings. The quantitative estimate of drug-likeness (QED) is 0.423. The van der Waals surface area contributed by atoms with E-state index in [2.05, 4.69) is 22.9 Å². The smallest absolute Gasteiger partial charge is 0.319 e. The number of urea groups is 1. The van der Waals surface area contributed by atoms with E-state index in [0.717, 1.165) is 43.5 Å². The summed E-state index contributed by atoms with van der Waals surface area (Å²) in [6.45, 7) is 3.71. The lowest BCUT2D eigenvalue weighted by molar-refractivity contribution is -0.132. The largest absolute Gasteiger partial charge is 0.493 e. The number of hydrogen-bond donors (Lipinski definition) is 3. The van der Waals surface area contributed by atoms with E-state index in [1.54, 1.807) is 14.2 Å². The third-order valence-electron chi connectivity index (χ3n) is 7.75. The monoisotopic (exact) mass is 530 g/mol. The van der Waals surface area contributed by atoms with Gasteiger partial charge in [-0.1, -0.05) is 13.0 Å². The molecular formula is C28H36F2N4O4. The molecule has 4 rings (SSSR count). The molecule has 2 fully saturated rings. The average Bonchev–Trinajstić information content (AvgIpc) is 3.30. The van der Waals surface area contributed by atoms with E-state index in [9.17, 15) is 18.4 Å². The maximum atomic E-state index is 13.6. The van der Waals surface area contributed by atoms with Crippen molar-refractivity contribution in [3.05, 3.63) is 53.6 Å². The Morgan fingerprint density at radius 2 is 1.84 bits per heavy atom. The molecule has 3 amide bonds. The number of fused-ring (bicyclic) bond motifs is 1. The molecule has 1 heterocycles. The van der Waals surface area contributed by atoms with Crippen LogP contribution in [-0.2, 0) is 10.2 Å². The van der Waals surface area contributed by atoms with Crippen LogP contribution in [0.5, 0.6) is 11.5 Å². The number of nitrogens with one attached hydrogen (secondary N) is 3. The highest BCUT2D eigenvalue weighted by atomic mass is 19.2. The third-order valence-corrected chi connectivity index (χ3v) is 7.75. The summed E-state index contributed by atoms with van der Waals surface area (Å²) in [4.78, 5) is 27.9. The predicted octanol–water partition coefficient (Wildman–Crippen LogP) is 4.19. The Morgan fingerprint density at radius 1 is 1.05 bits per heavy atom.